The molecule has 20 heavy (non-hydrogen) atoms. The number of rotatable bonds is 2. The Morgan fingerprint density at radius 2 is 2.15 bits per heavy atom. The predicted molar refractivity (Wildman–Crippen MR) is 81.8 cm³/mol. The van der Waals surface area contributed by atoms with Crippen LogP contribution in [0.3, 0.4) is 0 Å². The lowest BCUT2D eigenvalue weighted by atomic mass is 9.78. The van der Waals surface area contributed by atoms with Crippen molar-refractivity contribution < 1.29 is 4.79 Å². The summed E-state index contributed by atoms with van der Waals surface area (Å²) in [4.78, 5) is 14.3. The van der Waals surface area contributed by atoms with Gasteiger partial charge in [0.25, 0.3) is 0 Å². The number of fused-ring (bicyclic) bond motifs is 1. The van der Waals surface area contributed by atoms with Crippen molar-refractivity contribution in [3.8, 4) is 0 Å². The molecule has 1 aromatic carbocycles. The van der Waals surface area contributed by atoms with Crippen molar-refractivity contribution in [2.24, 2.45) is 17.6 Å². The number of nitrogens with zero attached hydrogens (tertiary/aromatic N) is 1. The van der Waals surface area contributed by atoms with Gasteiger partial charge in [-0.25, -0.2) is 0 Å². The summed E-state index contributed by atoms with van der Waals surface area (Å²) in [7, 11) is 0. The minimum atomic E-state index is 0.0812. The van der Waals surface area contributed by atoms with Gasteiger partial charge in [-0.05, 0) is 43.4 Å². The van der Waals surface area contributed by atoms with Crippen LogP contribution in [-0.4, -0.2) is 25.0 Å². The van der Waals surface area contributed by atoms with Crippen molar-refractivity contribution >= 4 is 17.3 Å². The van der Waals surface area contributed by atoms with Gasteiger partial charge in [-0.2, -0.15) is 0 Å². The highest BCUT2D eigenvalue weighted by Crippen LogP contribution is 2.38. The first-order valence-corrected chi connectivity index (χ1v) is 7.54. The van der Waals surface area contributed by atoms with Gasteiger partial charge in [0, 0.05) is 6.04 Å². The maximum Gasteiger partial charge on any atom is 0.243 e. The molecule has 3 atom stereocenters. The molecule has 1 saturated carbocycles. The second-order valence-electron chi connectivity index (χ2n) is 6.17. The van der Waals surface area contributed by atoms with Crippen molar-refractivity contribution in [3.63, 3.8) is 0 Å². The normalized spacial score (nSPS) is 29.8. The van der Waals surface area contributed by atoms with E-state index < -0.39 is 0 Å². The molecule has 1 heterocycles. The quantitative estimate of drug-likeness (QED) is 0.868. The molecule has 3 unspecified atom stereocenters. The lowest BCUT2D eigenvalue weighted by Gasteiger charge is -2.44. The number of anilines is 2. The van der Waals surface area contributed by atoms with Crippen molar-refractivity contribution in [3.05, 3.63) is 24.3 Å². The topological polar surface area (TPSA) is 58.4 Å². The number of nitrogens with one attached hydrogen (secondary N) is 1. The number of hydrogen-bond acceptors (Lipinski definition) is 3. The molecule has 2 aliphatic rings. The first-order valence-electron chi connectivity index (χ1n) is 7.54. The number of carbonyl (C=O) groups excluding carboxylic acids is 1. The highest BCUT2D eigenvalue weighted by Gasteiger charge is 2.35. The van der Waals surface area contributed by atoms with Gasteiger partial charge in [-0.1, -0.05) is 25.5 Å². The molecule has 1 aromatic rings. The van der Waals surface area contributed by atoms with Crippen molar-refractivity contribution in [1.82, 2.24) is 0 Å². The average molecular weight is 273 g/mol. The number of hydrogen-bond donors (Lipinski definition) is 2. The molecular weight excluding hydrogens is 250 g/mol. The number of benzene rings is 1. The zero-order chi connectivity index (χ0) is 14.1. The Hall–Kier alpha value is -1.55. The van der Waals surface area contributed by atoms with E-state index in [4.69, 9.17) is 5.73 Å². The van der Waals surface area contributed by atoms with Crippen LogP contribution < -0.4 is 16.0 Å². The van der Waals surface area contributed by atoms with Gasteiger partial charge in [0.05, 0.1) is 17.9 Å². The van der Waals surface area contributed by atoms with Gasteiger partial charge in [-0.3, -0.25) is 4.79 Å². The molecule has 4 nitrogen and oxygen atoms in total. The summed E-state index contributed by atoms with van der Waals surface area (Å²) in [6.45, 7) is 3.46. The molecule has 3 N–H and O–H groups in total. The Labute approximate surface area is 120 Å². The molecule has 0 aromatic heterocycles. The summed E-state index contributed by atoms with van der Waals surface area (Å²) in [5.41, 5.74) is 8.04. The second-order valence-corrected chi connectivity index (χ2v) is 6.17. The van der Waals surface area contributed by atoms with E-state index in [1.807, 2.05) is 18.2 Å². The Kier molecular flexibility index (Phi) is 3.66. The maximum absolute atomic E-state index is 12.0. The molecule has 0 spiro atoms. The molecular formula is C16H23N3O. The summed E-state index contributed by atoms with van der Waals surface area (Å²) in [6, 6.07) is 8.46. The lowest BCUT2D eigenvalue weighted by molar-refractivity contribution is -0.115. The van der Waals surface area contributed by atoms with Crippen LogP contribution in [0.2, 0.25) is 0 Å². The van der Waals surface area contributed by atoms with Crippen molar-refractivity contribution in [2.45, 2.75) is 32.2 Å². The Morgan fingerprint density at radius 3 is 2.95 bits per heavy atom. The highest BCUT2D eigenvalue weighted by molar-refractivity contribution is 6.01. The van der Waals surface area contributed by atoms with Crippen molar-refractivity contribution in [1.29, 1.82) is 0 Å². The van der Waals surface area contributed by atoms with Gasteiger partial charge in [-0.15, -0.1) is 0 Å². The molecule has 1 aliphatic heterocycles. The summed E-state index contributed by atoms with van der Waals surface area (Å²) in [5, 5.41) is 2.96. The fraction of sp³-hybridized carbons (Fsp3) is 0.562. The van der Waals surface area contributed by atoms with Crippen LogP contribution in [0.25, 0.3) is 0 Å². The number of amides is 1. The summed E-state index contributed by atoms with van der Waals surface area (Å²) in [5.74, 6) is 1.28. The number of carbonyl (C=O) groups is 1. The molecule has 4 heteroatoms. The number of nitrogens with two attached hydrogens (primary N) is 1. The van der Waals surface area contributed by atoms with Crippen LogP contribution in [0.4, 0.5) is 11.4 Å². The van der Waals surface area contributed by atoms with Crippen molar-refractivity contribution in [2.75, 3.05) is 23.3 Å². The molecule has 0 bridgehead atoms. The van der Waals surface area contributed by atoms with E-state index in [0.717, 1.165) is 17.8 Å². The van der Waals surface area contributed by atoms with Crippen LogP contribution in [0.1, 0.15) is 26.2 Å². The third kappa shape index (κ3) is 2.40. The molecule has 0 saturated heterocycles. The molecule has 1 aliphatic carbocycles. The molecule has 108 valence electrons. The fourth-order valence-electron chi connectivity index (χ4n) is 3.63. The van der Waals surface area contributed by atoms with Crippen LogP contribution in [-0.2, 0) is 4.79 Å². The van der Waals surface area contributed by atoms with Gasteiger partial charge in [0.1, 0.15) is 0 Å². The summed E-state index contributed by atoms with van der Waals surface area (Å²) < 4.78 is 0. The standard InChI is InChI=1S/C16H23N3O/c1-11-6-7-12(9-17)15(8-11)19-10-16(20)18-13-4-2-3-5-14(13)19/h2-5,11-12,15H,6-10,17H2,1H3,(H,18,20). The van der Waals surface area contributed by atoms with Crippen LogP contribution in [0.5, 0.6) is 0 Å². The number of para-hydroxylation sites is 2. The largest absolute Gasteiger partial charge is 0.357 e. The van der Waals surface area contributed by atoms with Gasteiger partial charge in [0.2, 0.25) is 5.91 Å². The van der Waals surface area contributed by atoms with E-state index >= 15 is 0 Å². The van der Waals surface area contributed by atoms with E-state index in [1.54, 1.807) is 0 Å². The zero-order valence-electron chi connectivity index (χ0n) is 12.0. The second kappa shape index (κ2) is 5.44. The third-order valence-corrected chi connectivity index (χ3v) is 4.72. The Bertz CT molecular complexity index is 502. The predicted octanol–water partition coefficient (Wildman–Crippen LogP) is 2.21. The van der Waals surface area contributed by atoms with E-state index in [0.29, 0.717) is 31.0 Å². The SMILES string of the molecule is CC1CCC(CN)C(N2CC(=O)Nc3ccccc32)C1. The van der Waals surface area contributed by atoms with Gasteiger partial charge in [0.15, 0.2) is 0 Å². The van der Waals surface area contributed by atoms with Gasteiger partial charge < -0.3 is 16.0 Å². The fourth-order valence-corrected chi connectivity index (χ4v) is 3.63. The average Bonchev–Trinajstić information content (AvgIpc) is 2.46. The molecule has 0 radical (unpaired) electrons. The molecule has 3 rings (SSSR count). The monoisotopic (exact) mass is 273 g/mol. The summed E-state index contributed by atoms with van der Waals surface area (Å²) >= 11 is 0. The van der Waals surface area contributed by atoms with E-state index in [1.165, 1.54) is 12.8 Å². The lowest BCUT2D eigenvalue weighted by Crippen LogP contribution is -2.51. The third-order valence-electron chi connectivity index (χ3n) is 4.72. The Morgan fingerprint density at radius 1 is 1.35 bits per heavy atom. The van der Waals surface area contributed by atoms with Crippen LogP contribution in [0, 0.1) is 11.8 Å². The first kappa shape index (κ1) is 13.4. The zero-order valence-corrected chi connectivity index (χ0v) is 12.0. The van der Waals surface area contributed by atoms with E-state index in [9.17, 15) is 4.79 Å². The maximum atomic E-state index is 12.0. The first-order chi connectivity index (χ1) is 9.69. The summed E-state index contributed by atoms with van der Waals surface area (Å²) in [6.07, 6.45) is 3.55. The minimum Gasteiger partial charge on any atom is -0.357 e. The van der Waals surface area contributed by atoms with Crippen LogP contribution in [0.15, 0.2) is 24.3 Å². The Balaban J connectivity index is 1.94. The minimum absolute atomic E-state index is 0.0812. The smallest absolute Gasteiger partial charge is 0.243 e. The van der Waals surface area contributed by atoms with Crippen LogP contribution >= 0.6 is 0 Å². The molecule has 1 amide bonds. The highest BCUT2D eigenvalue weighted by atomic mass is 16.2. The van der Waals surface area contributed by atoms with E-state index in [-0.39, 0.29) is 5.91 Å². The molecule has 1 fully saturated rings. The van der Waals surface area contributed by atoms with Gasteiger partial charge >= 0.3 is 0 Å². The van der Waals surface area contributed by atoms with E-state index in [2.05, 4.69) is 23.2 Å².